The predicted octanol–water partition coefficient (Wildman–Crippen LogP) is 4.41. The molecular weight excluding hydrogens is 390 g/mol. The number of nitrogens with zero attached hydrogens (tertiary/aromatic N) is 2. The van der Waals surface area contributed by atoms with Gasteiger partial charge in [-0.1, -0.05) is 43.2 Å². The molecule has 1 aliphatic carbocycles. The van der Waals surface area contributed by atoms with Gasteiger partial charge in [0.2, 0.25) is 0 Å². The third-order valence-electron chi connectivity index (χ3n) is 6.42. The molecule has 2 fully saturated rings. The Morgan fingerprint density at radius 3 is 2.48 bits per heavy atom. The van der Waals surface area contributed by atoms with E-state index in [1.54, 1.807) is 6.07 Å². The van der Waals surface area contributed by atoms with E-state index in [1.807, 2.05) is 62.2 Å². The number of nitrogens with one attached hydrogen (secondary N) is 1. The van der Waals surface area contributed by atoms with E-state index in [9.17, 15) is 9.59 Å². The normalized spacial score (nSPS) is 19.0. The van der Waals surface area contributed by atoms with E-state index in [4.69, 9.17) is 4.74 Å². The van der Waals surface area contributed by atoms with E-state index < -0.39 is 5.60 Å². The highest BCUT2D eigenvalue weighted by atomic mass is 16.6. The summed E-state index contributed by atoms with van der Waals surface area (Å²) >= 11 is 0. The fourth-order valence-electron chi connectivity index (χ4n) is 4.86. The van der Waals surface area contributed by atoms with E-state index >= 15 is 0 Å². The van der Waals surface area contributed by atoms with Crippen LogP contribution in [-0.4, -0.2) is 51.7 Å². The standard InChI is InChI=1S/C25H33N3O3/c1-24(2,3)31-23(30)27-13-14-28(25(18-27)11-7-8-12-25)17-20-16-26-21(15-22(20)29)19-9-5-4-6-10-19/h4-6,9-10,15-16H,7-8,11-14,17-18H2,1-3H3,(H,26,29). The number of hydrogen-bond acceptors (Lipinski definition) is 4. The summed E-state index contributed by atoms with van der Waals surface area (Å²) in [6, 6.07) is 11.6. The molecule has 1 N–H and O–H groups in total. The second-order valence-electron chi connectivity index (χ2n) is 9.86. The number of hydrogen-bond donors (Lipinski definition) is 1. The van der Waals surface area contributed by atoms with Gasteiger partial charge in [0.15, 0.2) is 5.43 Å². The molecule has 1 aromatic heterocycles. The van der Waals surface area contributed by atoms with Crippen molar-refractivity contribution >= 4 is 6.09 Å². The van der Waals surface area contributed by atoms with Crippen LogP contribution in [0.15, 0.2) is 47.4 Å². The quantitative estimate of drug-likeness (QED) is 0.794. The molecule has 1 amide bonds. The van der Waals surface area contributed by atoms with Crippen molar-refractivity contribution in [2.75, 3.05) is 19.6 Å². The fourth-order valence-corrected chi connectivity index (χ4v) is 4.86. The minimum atomic E-state index is -0.495. The molecule has 4 rings (SSSR count). The first kappa shape index (κ1) is 21.6. The van der Waals surface area contributed by atoms with Gasteiger partial charge >= 0.3 is 6.09 Å². The SMILES string of the molecule is CC(C)(C)OC(=O)N1CCN(Cc2c[nH]c(-c3ccccc3)cc2=O)C2(CCCC2)C1. The number of aromatic nitrogens is 1. The second kappa shape index (κ2) is 8.50. The van der Waals surface area contributed by atoms with E-state index in [-0.39, 0.29) is 17.1 Å². The van der Waals surface area contributed by atoms with Gasteiger partial charge in [0.1, 0.15) is 5.60 Å². The molecule has 2 aliphatic rings. The molecule has 1 spiro atoms. The molecule has 2 aromatic rings. The molecule has 2 heterocycles. The van der Waals surface area contributed by atoms with Crippen LogP contribution in [0.5, 0.6) is 0 Å². The third kappa shape index (κ3) is 4.85. The average molecular weight is 424 g/mol. The molecule has 166 valence electrons. The molecule has 0 atom stereocenters. The van der Waals surface area contributed by atoms with Gasteiger partial charge in [0, 0.05) is 55.2 Å². The second-order valence-corrected chi connectivity index (χ2v) is 9.86. The zero-order chi connectivity index (χ0) is 22.1. The Hall–Kier alpha value is -2.60. The van der Waals surface area contributed by atoms with Crippen molar-refractivity contribution in [3.8, 4) is 11.3 Å². The molecular formula is C25H33N3O3. The number of piperazine rings is 1. The smallest absolute Gasteiger partial charge is 0.410 e. The Labute approximate surface area is 184 Å². The molecule has 6 nitrogen and oxygen atoms in total. The van der Waals surface area contributed by atoms with Crippen LogP contribution >= 0.6 is 0 Å². The lowest BCUT2D eigenvalue weighted by Gasteiger charge is -2.49. The molecule has 1 saturated heterocycles. The Kier molecular flexibility index (Phi) is 5.93. The van der Waals surface area contributed by atoms with Gasteiger partial charge in [-0.05, 0) is 39.2 Å². The van der Waals surface area contributed by atoms with Gasteiger partial charge in [0.05, 0.1) is 0 Å². The number of ether oxygens (including phenoxy) is 1. The van der Waals surface area contributed by atoms with Gasteiger partial charge in [-0.3, -0.25) is 9.69 Å². The number of amides is 1. The number of pyridine rings is 1. The predicted molar refractivity (Wildman–Crippen MR) is 122 cm³/mol. The number of H-pyrrole nitrogens is 1. The lowest BCUT2D eigenvalue weighted by molar-refractivity contribution is -0.0279. The first-order valence-electron chi connectivity index (χ1n) is 11.3. The first-order chi connectivity index (χ1) is 14.8. The summed E-state index contributed by atoms with van der Waals surface area (Å²) in [6.45, 7) is 8.35. The van der Waals surface area contributed by atoms with Crippen molar-refractivity contribution in [1.29, 1.82) is 0 Å². The summed E-state index contributed by atoms with van der Waals surface area (Å²) in [5.41, 5.74) is 2.10. The summed E-state index contributed by atoms with van der Waals surface area (Å²) < 4.78 is 5.62. The van der Waals surface area contributed by atoms with E-state index in [2.05, 4.69) is 9.88 Å². The molecule has 0 unspecified atom stereocenters. The topological polar surface area (TPSA) is 65.6 Å². The van der Waals surface area contributed by atoms with Crippen molar-refractivity contribution < 1.29 is 9.53 Å². The Bertz CT molecular complexity index is 971. The summed E-state index contributed by atoms with van der Waals surface area (Å²) in [7, 11) is 0. The van der Waals surface area contributed by atoms with Crippen molar-refractivity contribution in [1.82, 2.24) is 14.8 Å². The number of benzene rings is 1. The zero-order valence-corrected chi connectivity index (χ0v) is 18.8. The van der Waals surface area contributed by atoms with Gasteiger partial charge < -0.3 is 14.6 Å². The minimum absolute atomic E-state index is 0.0559. The largest absolute Gasteiger partial charge is 0.444 e. The maximum Gasteiger partial charge on any atom is 0.410 e. The van der Waals surface area contributed by atoms with Crippen LogP contribution in [0.4, 0.5) is 4.79 Å². The van der Waals surface area contributed by atoms with Crippen LogP contribution in [0.2, 0.25) is 0 Å². The first-order valence-corrected chi connectivity index (χ1v) is 11.3. The van der Waals surface area contributed by atoms with Crippen molar-refractivity contribution in [2.45, 2.75) is 64.1 Å². The lowest BCUT2D eigenvalue weighted by atomic mass is 9.91. The molecule has 6 heteroatoms. The van der Waals surface area contributed by atoms with Gasteiger partial charge in [-0.2, -0.15) is 0 Å². The molecule has 1 saturated carbocycles. The van der Waals surface area contributed by atoms with Crippen LogP contribution in [0.3, 0.4) is 0 Å². The van der Waals surface area contributed by atoms with Crippen LogP contribution < -0.4 is 5.43 Å². The zero-order valence-electron chi connectivity index (χ0n) is 18.8. The summed E-state index contributed by atoms with van der Waals surface area (Å²) in [5, 5.41) is 0. The monoisotopic (exact) mass is 423 g/mol. The summed E-state index contributed by atoms with van der Waals surface area (Å²) in [4.78, 5) is 33.1. The van der Waals surface area contributed by atoms with Crippen molar-refractivity contribution in [2.24, 2.45) is 0 Å². The minimum Gasteiger partial charge on any atom is -0.444 e. The van der Waals surface area contributed by atoms with Crippen LogP contribution in [0.1, 0.15) is 52.0 Å². The molecule has 1 aromatic carbocycles. The van der Waals surface area contributed by atoms with Crippen molar-refractivity contribution in [3.05, 3.63) is 58.4 Å². The highest BCUT2D eigenvalue weighted by molar-refractivity contribution is 5.68. The Balaban J connectivity index is 1.51. The van der Waals surface area contributed by atoms with Crippen LogP contribution in [-0.2, 0) is 11.3 Å². The third-order valence-corrected chi connectivity index (χ3v) is 6.42. The highest BCUT2D eigenvalue weighted by Gasteiger charge is 2.45. The molecule has 1 aliphatic heterocycles. The number of rotatable bonds is 3. The van der Waals surface area contributed by atoms with Crippen molar-refractivity contribution in [3.63, 3.8) is 0 Å². The maximum atomic E-state index is 12.9. The van der Waals surface area contributed by atoms with Crippen LogP contribution in [0, 0.1) is 0 Å². The summed E-state index contributed by atoms with van der Waals surface area (Å²) in [6.07, 6.45) is 6.03. The van der Waals surface area contributed by atoms with Gasteiger partial charge in [-0.25, -0.2) is 4.79 Å². The summed E-state index contributed by atoms with van der Waals surface area (Å²) in [5.74, 6) is 0. The molecule has 0 radical (unpaired) electrons. The fraction of sp³-hybridized carbons (Fsp3) is 0.520. The van der Waals surface area contributed by atoms with E-state index in [1.165, 1.54) is 0 Å². The number of carbonyl (C=O) groups excluding carboxylic acids is 1. The lowest BCUT2D eigenvalue weighted by Crippen LogP contribution is -2.62. The van der Waals surface area contributed by atoms with Crippen LogP contribution in [0.25, 0.3) is 11.3 Å². The number of carbonyl (C=O) groups is 1. The van der Waals surface area contributed by atoms with E-state index in [0.717, 1.165) is 49.0 Å². The highest BCUT2D eigenvalue weighted by Crippen LogP contribution is 2.39. The Morgan fingerprint density at radius 2 is 1.84 bits per heavy atom. The van der Waals surface area contributed by atoms with Gasteiger partial charge in [-0.15, -0.1) is 0 Å². The Morgan fingerprint density at radius 1 is 1.13 bits per heavy atom. The number of aromatic amines is 1. The molecule has 0 bridgehead atoms. The molecule has 31 heavy (non-hydrogen) atoms. The maximum absolute atomic E-state index is 12.9. The van der Waals surface area contributed by atoms with E-state index in [0.29, 0.717) is 19.6 Å². The average Bonchev–Trinajstić information content (AvgIpc) is 3.19. The van der Waals surface area contributed by atoms with Gasteiger partial charge in [0.25, 0.3) is 0 Å².